The van der Waals surface area contributed by atoms with Crippen LogP contribution in [0.15, 0.2) is 11.4 Å². The van der Waals surface area contributed by atoms with E-state index in [-0.39, 0.29) is 18.1 Å². The van der Waals surface area contributed by atoms with Gasteiger partial charge in [-0.2, -0.15) is 0 Å². The Labute approximate surface area is 93.1 Å². The Morgan fingerprint density at radius 3 is 3.00 bits per heavy atom. The van der Waals surface area contributed by atoms with Crippen molar-refractivity contribution >= 4 is 17.2 Å². The maximum absolute atomic E-state index is 11.8. The molecular formula is C11H15NO2S. The van der Waals surface area contributed by atoms with E-state index in [0.717, 1.165) is 16.9 Å². The van der Waals surface area contributed by atoms with Crippen molar-refractivity contribution in [1.82, 2.24) is 5.32 Å². The number of thiophene rings is 1. The van der Waals surface area contributed by atoms with Crippen LogP contribution in [-0.2, 0) is 6.42 Å². The summed E-state index contributed by atoms with van der Waals surface area (Å²) in [6.45, 7) is 2.05. The molecule has 0 aliphatic heterocycles. The number of carbonyl (C=O) groups excluding carboxylic acids is 1. The summed E-state index contributed by atoms with van der Waals surface area (Å²) in [6.07, 6.45) is 2.06. The number of carbonyl (C=O) groups is 1. The molecule has 0 atom stereocenters. The second kappa shape index (κ2) is 4.33. The lowest BCUT2D eigenvalue weighted by atomic mass is 9.89. The highest BCUT2D eigenvalue weighted by molar-refractivity contribution is 7.12. The molecule has 0 aromatic carbocycles. The molecule has 82 valence electrons. The Bertz CT molecular complexity index is 355. The number of amides is 1. The van der Waals surface area contributed by atoms with E-state index < -0.39 is 0 Å². The van der Waals surface area contributed by atoms with Crippen LogP contribution in [0.1, 0.15) is 35.0 Å². The zero-order valence-corrected chi connectivity index (χ0v) is 9.51. The summed E-state index contributed by atoms with van der Waals surface area (Å²) in [5, 5.41) is 14.0. The lowest BCUT2D eigenvalue weighted by Crippen LogP contribution is -2.46. The first-order valence-electron chi connectivity index (χ1n) is 5.26. The standard InChI is InChI=1S/C11H15NO2S/c1-2-7-3-4-15-10(7)11(14)12-8-5-9(13)6-8/h3-4,8-9,13H,2,5-6H2,1H3,(H,12,14). The van der Waals surface area contributed by atoms with Crippen molar-refractivity contribution in [2.45, 2.75) is 38.3 Å². The van der Waals surface area contributed by atoms with Gasteiger partial charge in [0.25, 0.3) is 5.91 Å². The maximum Gasteiger partial charge on any atom is 0.261 e. The second-order valence-corrected chi connectivity index (χ2v) is 4.84. The van der Waals surface area contributed by atoms with Crippen LogP contribution >= 0.6 is 11.3 Å². The Morgan fingerprint density at radius 2 is 2.40 bits per heavy atom. The van der Waals surface area contributed by atoms with E-state index >= 15 is 0 Å². The van der Waals surface area contributed by atoms with Crippen molar-refractivity contribution in [3.05, 3.63) is 21.9 Å². The molecule has 3 nitrogen and oxygen atoms in total. The zero-order valence-electron chi connectivity index (χ0n) is 8.69. The fraction of sp³-hybridized carbons (Fsp3) is 0.545. The summed E-state index contributed by atoms with van der Waals surface area (Å²) in [5.41, 5.74) is 1.11. The van der Waals surface area contributed by atoms with E-state index in [9.17, 15) is 4.79 Å². The largest absolute Gasteiger partial charge is 0.393 e. The molecular weight excluding hydrogens is 210 g/mol. The molecule has 0 unspecified atom stereocenters. The van der Waals surface area contributed by atoms with Gasteiger partial charge in [0.1, 0.15) is 0 Å². The summed E-state index contributed by atoms with van der Waals surface area (Å²) in [4.78, 5) is 12.6. The smallest absolute Gasteiger partial charge is 0.261 e. The van der Waals surface area contributed by atoms with Crippen molar-refractivity contribution in [1.29, 1.82) is 0 Å². The Hall–Kier alpha value is -0.870. The quantitative estimate of drug-likeness (QED) is 0.820. The van der Waals surface area contributed by atoms with Gasteiger partial charge in [0.15, 0.2) is 0 Å². The van der Waals surface area contributed by atoms with Crippen molar-refractivity contribution in [3.63, 3.8) is 0 Å². The van der Waals surface area contributed by atoms with Gasteiger partial charge in [0.2, 0.25) is 0 Å². The van der Waals surface area contributed by atoms with Crippen molar-refractivity contribution in [3.8, 4) is 0 Å². The third-order valence-electron chi connectivity index (χ3n) is 2.78. The van der Waals surface area contributed by atoms with E-state index in [1.165, 1.54) is 11.3 Å². The first-order chi connectivity index (χ1) is 7.20. The fourth-order valence-electron chi connectivity index (χ4n) is 1.77. The van der Waals surface area contributed by atoms with Crippen LogP contribution in [0, 0.1) is 0 Å². The van der Waals surface area contributed by atoms with Gasteiger partial charge in [-0.3, -0.25) is 4.79 Å². The highest BCUT2D eigenvalue weighted by Gasteiger charge is 2.29. The molecule has 2 rings (SSSR count). The molecule has 15 heavy (non-hydrogen) atoms. The van der Waals surface area contributed by atoms with Crippen LogP contribution in [0.5, 0.6) is 0 Å². The van der Waals surface area contributed by atoms with Gasteiger partial charge in [0.05, 0.1) is 11.0 Å². The van der Waals surface area contributed by atoms with E-state index in [0.29, 0.717) is 12.8 Å². The Kier molecular flexibility index (Phi) is 3.07. The monoisotopic (exact) mass is 225 g/mol. The van der Waals surface area contributed by atoms with Crippen LogP contribution in [0.4, 0.5) is 0 Å². The average molecular weight is 225 g/mol. The maximum atomic E-state index is 11.8. The number of aliphatic hydroxyl groups excluding tert-OH is 1. The molecule has 4 heteroatoms. The minimum atomic E-state index is -0.218. The summed E-state index contributed by atoms with van der Waals surface area (Å²) in [6, 6.07) is 2.16. The highest BCUT2D eigenvalue weighted by Crippen LogP contribution is 2.22. The molecule has 1 heterocycles. The third kappa shape index (κ3) is 2.21. The SMILES string of the molecule is CCc1ccsc1C(=O)NC1CC(O)C1. The molecule has 0 radical (unpaired) electrons. The van der Waals surface area contributed by atoms with E-state index in [2.05, 4.69) is 5.32 Å². The minimum Gasteiger partial charge on any atom is -0.393 e. The summed E-state index contributed by atoms with van der Waals surface area (Å²) in [7, 11) is 0. The minimum absolute atomic E-state index is 0.0127. The first kappa shape index (κ1) is 10.6. The van der Waals surface area contributed by atoms with Crippen molar-refractivity contribution < 1.29 is 9.90 Å². The molecule has 1 aliphatic rings. The predicted molar refractivity (Wildman–Crippen MR) is 60.2 cm³/mol. The van der Waals surface area contributed by atoms with Gasteiger partial charge >= 0.3 is 0 Å². The van der Waals surface area contributed by atoms with Gasteiger partial charge in [-0.15, -0.1) is 11.3 Å². The number of aliphatic hydroxyl groups is 1. The van der Waals surface area contributed by atoms with Gasteiger partial charge in [0, 0.05) is 6.04 Å². The second-order valence-electron chi connectivity index (χ2n) is 3.92. The normalized spacial score (nSPS) is 24.7. The fourth-order valence-corrected chi connectivity index (χ4v) is 2.67. The molecule has 2 N–H and O–H groups in total. The predicted octanol–water partition coefficient (Wildman–Crippen LogP) is 1.56. The molecule has 1 aromatic rings. The summed E-state index contributed by atoms with van der Waals surface area (Å²) < 4.78 is 0. The molecule has 1 amide bonds. The highest BCUT2D eigenvalue weighted by atomic mass is 32.1. The molecule has 0 bridgehead atoms. The van der Waals surface area contributed by atoms with Gasteiger partial charge in [-0.05, 0) is 36.3 Å². The summed E-state index contributed by atoms with van der Waals surface area (Å²) >= 11 is 1.49. The topological polar surface area (TPSA) is 49.3 Å². The Morgan fingerprint density at radius 1 is 1.67 bits per heavy atom. The molecule has 0 saturated heterocycles. The average Bonchev–Trinajstić information content (AvgIpc) is 2.62. The molecule has 1 aliphatic carbocycles. The van der Waals surface area contributed by atoms with E-state index in [1.807, 2.05) is 18.4 Å². The Balaban J connectivity index is 1.96. The van der Waals surface area contributed by atoms with Crippen LogP contribution < -0.4 is 5.32 Å². The van der Waals surface area contributed by atoms with Gasteiger partial charge in [-0.25, -0.2) is 0 Å². The molecule has 0 spiro atoms. The van der Waals surface area contributed by atoms with E-state index in [1.54, 1.807) is 0 Å². The number of hydrogen-bond donors (Lipinski definition) is 2. The van der Waals surface area contributed by atoms with Gasteiger partial charge < -0.3 is 10.4 Å². The van der Waals surface area contributed by atoms with Crippen LogP contribution in [-0.4, -0.2) is 23.2 Å². The lowest BCUT2D eigenvalue weighted by molar-refractivity contribution is 0.0564. The molecule has 1 aromatic heterocycles. The lowest BCUT2D eigenvalue weighted by Gasteiger charge is -2.31. The number of aryl methyl sites for hydroxylation is 1. The van der Waals surface area contributed by atoms with Crippen LogP contribution in [0.25, 0.3) is 0 Å². The third-order valence-corrected chi connectivity index (χ3v) is 3.74. The first-order valence-corrected chi connectivity index (χ1v) is 6.14. The summed E-state index contributed by atoms with van der Waals surface area (Å²) in [5.74, 6) is 0.0127. The zero-order chi connectivity index (χ0) is 10.8. The molecule has 1 saturated carbocycles. The van der Waals surface area contributed by atoms with Crippen molar-refractivity contribution in [2.75, 3.05) is 0 Å². The van der Waals surface area contributed by atoms with Crippen LogP contribution in [0.2, 0.25) is 0 Å². The van der Waals surface area contributed by atoms with Crippen molar-refractivity contribution in [2.24, 2.45) is 0 Å². The number of hydrogen-bond acceptors (Lipinski definition) is 3. The van der Waals surface area contributed by atoms with Crippen LogP contribution in [0.3, 0.4) is 0 Å². The molecule has 1 fully saturated rings. The number of nitrogens with one attached hydrogen (secondary N) is 1. The van der Waals surface area contributed by atoms with E-state index in [4.69, 9.17) is 5.11 Å². The number of rotatable bonds is 3. The van der Waals surface area contributed by atoms with Gasteiger partial charge in [-0.1, -0.05) is 6.92 Å².